The van der Waals surface area contributed by atoms with Crippen LogP contribution in [0.2, 0.25) is 0 Å². The highest BCUT2D eigenvalue weighted by Gasteiger charge is 2.25. The fourth-order valence-electron chi connectivity index (χ4n) is 2.14. The highest BCUT2D eigenvalue weighted by atomic mass is 16.5. The number of pyridine rings is 1. The lowest BCUT2D eigenvalue weighted by molar-refractivity contribution is -0.0530. The van der Waals surface area contributed by atoms with Crippen molar-refractivity contribution >= 4 is 11.8 Å². The van der Waals surface area contributed by atoms with Crippen LogP contribution in [0.1, 0.15) is 19.4 Å². The Morgan fingerprint density at radius 3 is 2.72 bits per heavy atom. The average Bonchev–Trinajstić information content (AvgIpc) is 2.27. The van der Waals surface area contributed by atoms with Crippen molar-refractivity contribution in [2.45, 2.75) is 33.0 Å². The maximum Gasteiger partial charge on any atom is 0.323 e. The lowest BCUT2D eigenvalue weighted by atomic mass is 10.2. The minimum absolute atomic E-state index is 0.0740. The molecule has 2 atom stereocenters. The summed E-state index contributed by atoms with van der Waals surface area (Å²) in [5, 5.41) is 2.81. The van der Waals surface area contributed by atoms with E-state index in [0.717, 1.165) is 5.56 Å². The van der Waals surface area contributed by atoms with Crippen LogP contribution in [-0.4, -0.2) is 41.2 Å². The Kier molecular flexibility index (Phi) is 3.81. The van der Waals surface area contributed by atoms with E-state index in [4.69, 9.17) is 4.74 Å². The van der Waals surface area contributed by atoms with Gasteiger partial charge in [-0.05, 0) is 38.5 Å². The van der Waals surface area contributed by atoms with Crippen molar-refractivity contribution < 1.29 is 9.53 Å². The van der Waals surface area contributed by atoms with Crippen molar-refractivity contribution in [3.63, 3.8) is 0 Å². The van der Waals surface area contributed by atoms with E-state index in [2.05, 4.69) is 10.3 Å². The van der Waals surface area contributed by atoms with Gasteiger partial charge in [0.25, 0.3) is 0 Å². The summed E-state index contributed by atoms with van der Waals surface area (Å²) in [5.41, 5.74) is 1.07. The average molecular weight is 249 g/mol. The number of carbonyl (C=O) groups excluding carboxylic acids is 1. The topological polar surface area (TPSA) is 54.5 Å². The standard InChI is InChI=1S/C13H19N3O2/c1-9-4-5-14-12(6-9)15-13(17)16-7-10(2)18-11(3)8-16/h4-6,10-11H,7-8H2,1-3H3,(H,14,15,17). The molecule has 98 valence electrons. The summed E-state index contributed by atoms with van der Waals surface area (Å²) in [6.45, 7) is 7.14. The Morgan fingerprint density at radius 2 is 2.11 bits per heavy atom. The Bertz CT molecular complexity index is 426. The second-order valence-electron chi connectivity index (χ2n) is 4.81. The van der Waals surface area contributed by atoms with Gasteiger partial charge in [-0.25, -0.2) is 9.78 Å². The van der Waals surface area contributed by atoms with E-state index in [9.17, 15) is 4.79 Å². The van der Waals surface area contributed by atoms with Gasteiger partial charge in [0.1, 0.15) is 5.82 Å². The number of aromatic nitrogens is 1. The minimum atomic E-state index is -0.116. The minimum Gasteiger partial charge on any atom is -0.372 e. The highest BCUT2D eigenvalue weighted by molar-refractivity contribution is 5.88. The lowest BCUT2D eigenvalue weighted by Gasteiger charge is -2.35. The molecular weight excluding hydrogens is 230 g/mol. The maximum absolute atomic E-state index is 12.1. The number of anilines is 1. The number of nitrogens with one attached hydrogen (secondary N) is 1. The number of hydrogen-bond donors (Lipinski definition) is 1. The first-order valence-corrected chi connectivity index (χ1v) is 6.18. The highest BCUT2D eigenvalue weighted by Crippen LogP contribution is 2.13. The largest absolute Gasteiger partial charge is 0.372 e. The number of amides is 2. The molecule has 2 heterocycles. The van der Waals surface area contributed by atoms with Crippen LogP contribution in [0.25, 0.3) is 0 Å². The van der Waals surface area contributed by atoms with Gasteiger partial charge in [-0.1, -0.05) is 0 Å². The van der Waals surface area contributed by atoms with E-state index in [-0.39, 0.29) is 18.2 Å². The second kappa shape index (κ2) is 5.35. The van der Waals surface area contributed by atoms with E-state index >= 15 is 0 Å². The van der Waals surface area contributed by atoms with Gasteiger partial charge in [-0.2, -0.15) is 0 Å². The molecule has 2 rings (SSSR count). The van der Waals surface area contributed by atoms with Crippen LogP contribution in [0, 0.1) is 6.92 Å². The van der Waals surface area contributed by atoms with Crippen LogP contribution in [-0.2, 0) is 4.74 Å². The second-order valence-corrected chi connectivity index (χ2v) is 4.81. The third kappa shape index (κ3) is 3.20. The van der Waals surface area contributed by atoms with Crippen LogP contribution >= 0.6 is 0 Å². The van der Waals surface area contributed by atoms with Crippen LogP contribution in [0.4, 0.5) is 10.6 Å². The number of ether oxygens (including phenoxy) is 1. The quantitative estimate of drug-likeness (QED) is 0.828. The van der Waals surface area contributed by atoms with Crippen molar-refractivity contribution in [2.75, 3.05) is 18.4 Å². The molecular formula is C13H19N3O2. The molecule has 2 unspecified atom stereocenters. The molecule has 18 heavy (non-hydrogen) atoms. The van der Waals surface area contributed by atoms with Crippen LogP contribution < -0.4 is 5.32 Å². The number of aryl methyl sites for hydroxylation is 1. The summed E-state index contributed by atoms with van der Waals surface area (Å²) in [6, 6.07) is 3.63. The van der Waals surface area contributed by atoms with Gasteiger partial charge in [0, 0.05) is 19.3 Å². The molecule has 0 aliphatic carbocycles. The number of morpholine rings is 1. The summed E-state index contributed by atoms with van der Waals surface area (Å²) in [5.74, 6) is 0.590. The normalized spacial score (nSPS) is 23.8. The molecule has 1 saturated heterocycles. The number of carbonyl (C=O) groups is 1. The third-order valence-electron chi connectivity index (χ3n) is 2.86. The fraction of sp³-hybridized carbons (Fsp3) is 0.538. The van der Waals surface area contributed by atoms with E-state index in [1.54, 1.807) is 11.1 Å². The predicted octanol–water partition coefficient (Wildman–Crippen LogP) is 2.03. The summed E-state index contributed by atoms with van der Waals surface area (Å²) in [4.78, 5) is 18.0. The summed E-state index contributed by atoms with van der Waals surface area (Å²) in [7, 11) is 0. The van der Waals surface area contributed by atoms with Crippen molar-refractivity contribution in [3.8, 4) is 0 Å². The number of rotatable bonds is 1. The van der Waals surface area contributed by atoms with E-state index in [0.29, 0.717) is 18.9 Å². The van der Waals surface area contributed by atoms with Crippen LogP contribution in [0.15, 0.2) is 18.3 Å². The molecule has 0 radical (unpaired) electrons. The zero-order valence-corrected chi connectivity index (χ0v) is 11.0. The fourth-order valence-corrected chi connectivity index (χ4v) is 2.14. The predicted molar refractivity (Wildman–Crippen MR) is 69.6 cm³/mol. The van der Waals surface area contributed by atoms with Crippen LogP contribution in [0.3, 0.4) is 0 Å². The molecule has 5 nitrogen and oxygen atoms in total. The first-order chi connectivity index (χ1) is 8.54. The summed E-state index contributed by atoms with van der Waals surface area (Å²) in [6.07, 6.45) is 1.84. The van der Waals surface area contributed by atoms with E-state index < -0.39 is 0 Å². The Morgan fingerprint density at radius 1 is 1.44 bits per heavy atom. The Balaban J connectivity index is 1.99. The molecule has 1 aromatic rings. The van der Waals surface area contributed by atoms with Crippen molar-refractivity contribution in [2.24, 2.45) is 0 Å². The van der Waals surface area contributed by atoms with Crippen molar-refractivity contribution in [1.82, 2.24) is 9.88 Å². The zero-order valence-electron chi connectivity index (χ0n) is 11.0. The first kappa shape index (κ1) is 12.8. The van der Waals surface area contributed by atoms with Gasteiger partial charge < -0.3 is 9.64 Å². The molecule has 1 aliphatic heterocycles. The smallest absolute Gasteiger partial charge is 0.323 e. The summed E-state index contributed by atoms with van der Waals surface area (Å²) < 4.78 is 5.60. The molecule has 0 spiro atoms. The molecule has 0 saturated carbocycles. The SMILES string of the molecule is Cc1ccnc(NC(=O)N2CC(C)OC(C)C2)c1. The molecule has 1 fully saturated rings. The lowest BCUT2D eigenvalue weighted by Crippen LogP contribution is -2.49. The maximum atomic E-state index is 12.1. The van der Waals surface area contributed by atoms with Gasteiger partial charge in [-0.15, -0.1) is 0 Å². The molecule has 2 amide bonds. The van der Waals surface area contributed by atoms with Crippen molar-refractivity contribution in [1.29, 1.82) is 0 Å². The van der Waals surface area contributed by atoms with E-state index in [1.807, 2.05) is 32.9 Å². The van der Waals surface area contributed by atoms with Crippen molar-refractivity contribution in [3.05, 3.63) is 23.9 Å². The number of nitrogens with zero attached hydrogens (tertiary/aromatic N) is 2. The molecule has 5 heteroatoms. The number of hydrogen-bond acceptors (Lipinski definition) is 3. The van der Waals surface area contributed by atoms with Crippen LogP contribution in [0.5, 0.6) is 0 Å². The molecule has 0 aromatic carbocycles. The van der Waals surface area contributed by atoms with Gasteiger partial charge in [0.15, 0.2) is 0 Å². The van der Waals surface area contributed by atoms with Gasteiger partial charge in [0.05, 0.1) is 12.2 Å². The summed E-state index contributed by atoms with van der Waals surface area (Å²) >= 11 is 0. The monoisotopic (exact) mass is 249 g/mol. The molecule has 1 aliphatic rings. The third-order valence-corrected chi connectivity index (χ3v) is 2.86. The van der Waals surface area contributed by atoms with Gasteiger partial charge in [0.2, 0.25) is 0 Å². The van der Waals surface area contributed by atoms with E-state index in [1.165, 1.54) is 0 Å². The number of urea groups is 1. The molecule has 1 N–H and O–H groups in total. The first-order valence-electron chi connectivity index (χ1n) is 6.18. The Hall–Kier alpha value is -1.62. The zero-order chi connectivity index (χ0) is 13.1. The molecule has 1 aromatic heterocycles. The van der Waals surface area contributed by atoms with Gasteiger partial charge >= 0.3 is 6.03 Å². The molecule has 0 bridgehead atoms. The Labute approximate surface area is 107 Å². The van der Waals surface area contributed by atoms with Gasteiger partial charge in [-0.3, -0.25) is 5.32 Å².